The van der Waals surface area contributed by atoms with Crippen LogP contribution in [0.3, 0.4) is 0 Å². The zero-order valence-corrected chi connectivity index (χ0v) is 15.4. The lowest BCUT2D eigenvalue weighted by molar-refractivity contribution is 0.0988. The van der Waals surface area contributed by atoms with Crippen LogP contribution in [0.1, 0.15) is 20.7 Å². The Morgan fingerprint density at radius 1 is 0.724 bits per heavy atom. The number of rotatable bonds is 3. The van der Waals surface area contributed by atoms with Crippen LogP contribution in [-0.2, 0) is 0 Å². The number of aromatic nitrogens is 2. The topological polar surface area (TPSA) is 167 Å². The van der Waals surface area contributed by atoms with Crippen molar-refractivity contribution in [2.24, 2.45) is 11.5 Å². The number of nitrogen functional groups attached to an aromatic ring is 2. The number of hydrogen-bond donors (Lipinski definition) is 5. The van der Waals surface area contributed by atoms with Crippen molar-refractivity contribution in [3.63, 3.8) is 0 Å². The lowest BCUT2D eigenvalue weighted by Crippen LogP contribution is -2.13. The lowest BCUT2D eigenvalue weighted by Gasteiger charge is -1.96. The minimum Gasteiger partial charge on any atom is -0.399 e. The Morgan fingerprint density at radius 3 is 1.76 bits per heavy atom. The second-order valence-electron chi connectivity index (χ2n) is 6.29. The van der Waals surface area contributed by atoms with Crippen LogP contribution in [0.5, 0.6) is 0 Å². The number of carbonyl (C=O) groups excluding carboxylic acids is 2. The maximum atomic E-state index is 10.6. The molecule has 3 aromatic carbocycles. The second kappa shape index (κ2) is 8.13. The zero-order chi connectivity index (χ0) is 21.0. The van der Waals surface area contributed by atoms with Crippen molar-refractivity contribution in [3.8, 4) is 11.4 Å². The van der Waals surface area contributed by atoms with E-state index in [1.807, 2.05) is 42.5 Å². The van der Waals surface area contributed by atoms with Crippen LogP contribution in [0.25, 0.3) is 22.4 Å². The van der Waals surface area contributed by atoms with Gasteiger partial charge in [0.25, 0.3) is 0 Å². The van der Waals surface area contributed by atoms with Crippen LogP contribution in [-0.4, -0.2) is 21.8 Å². The molecule has 8 heteroatoms. The van der Waals surface area contributed by atoms with Crippen molar-refractivity contribution in [1.29, 1.82) is 0 Å². The molecule has 0 aliphatic rings. The van der Waals surface area contributed by atoms with Crippen molar-refractivity contribution in [3.05, 3.63) is 77.9 Å². The molecule has 0 saturated heterocycles. The van der Waals surface area contributed by atoms with Crippen LogP contribution >= 0.6 is 0 Å². The first kappa shape index (κ1) is 19.4. The van der Waals surface area contributed by atoms with Gasteiger partial charge in [0.1, 0.15) is 5.82 Å². The molecule has 0 saturated carbocycles. The minimum absolute atomic E-state index is 0.361. The van der Waals surface area contributed by atoms with Gasteiger partial charge in [-0.2, -0.15) is 0 Å². The van der Waals surface area contributed by atoms with Gasteiger partial charge in [0, 0.05) is 28.1 Å². The molecule has 0 fully saturated rings. The summed E-state index contributed by atoms with van der Waals surface area (Å²) >= 11 is 0. The molecule has 4 rings (SSSR count). The minimum atomic E-state index is -0.522. The van der Waals surface area contributed by atoms with E-state index in [-0.39, 0.29) is 0 Å². The third kappa shape index (κ3) is 4.69. The highest BCUT2D eigenvalue weighted by Crippen LogP contribution is 2.22. The van der Waals surface area contributed by atoms with Crippen LogP contribution in [0.15, 0.2) is 66.7 Å². The Kier molecular flexibility index (Phi) is 5.45. The molecule has 29 heavy (non-hydrogen) atoms. The summed E-state index contributed by atoms with van der Waals surface area (Å²) in [7, 11) is 0. The molecule has 8 nitrogen and oxygen atoms in total. The fourth-order valence-electron chi connectivity index (χ4n) is 2.60. The Hall–Kier alpha value is -4.33. The smallest absolute Gasteiger partial charge is 0.248 e. The average Bonchev–Trinajstić information content (AvgIpc) is 3.12. The van der Waals surface area contributed by atoms with Gasteiger partial charge in [0.2, 0.25) is 11.8 Å². The van der Waals surface area contributed by atoms with Gasteiger partial charge in [-0.15, -0.1) is 0 Å². The highest BCUT2D eigenvalue weighted by Gasteiger charge is 2.05. The van der Waals surface area contributed by atoms with Gasteiger partial charge in [0.05, 0.1) is 11.0 Å². The number of benzene rings is 3. The van der Waals surface area contributed by atoms with Gasteiger partial charge in [-0.25, -0.2) is 4.98 Å². The molecule has 0 aliphatic carbocycles. The Labute approximate surface area is 166 Å². The SMILES string of the molecule is NC(=O)c1ccc(C(N)=O)cc1.Nc1ccc(-c2nc3ccc(N)cc3[nH]2)cc1. The summed E-state index contributed by atoms with van der Waals surface area (Å²) in [6.45, 7) is 0. The van der Waals surface area contributed by atoms with E-state index in [9.17, 15) is 9.59 Å². The highest BCUT2D eigenvalue weighted by atomic mass is 16.1. The van der Waals surface area contributed by atoms with Crippen LogP contribution < -0.4 is 22.9 Å². The van der Waals surface area contributed by atoms with Gasteiger partial charge < -0.3 is 27.9 Å². The number of carbonyl (C=O) groups is 2. The van der Waals surface area contributed by atoms with E-state index >= 15 is 0 Å². The first-order valence-electron chi connectivity index (χ1n) is 8.64. The molecule has 146 valence electrons. The number of amides is 2. The summed E-state index contributed by atoms with van der Waals surface area (Å²) < 4.78 is 0. The number of anilines is 2. The molecule has 1 heterocycles. The second-order valence-corrected chi connectivity index (χ2v) is 6.29. The number of nitrogens with one attached hydrogen (secondary N) is 1. The van der Waals surface area contributed by atoms with Gasteiger partial charge in [-0.3, -0.25) is 9.59 Å². The van der Waals surface area contributed by atoms with E-state index in [4.69, 9.17) is 22.9 Å². The molecule has 0 spiro atoms. The molecule has 2 amide bonds. The fraction of sp³-hybridized carbons (Fsp3) is 0. The van der Waals surface area contributed by atoms with Crippen molar-refractivity contribution in [2.75, 3.05) is 11.5 Å². The normalized spacial score (nSPS) is 10.2. The van der Waals surface area contributed by atoms with Crippen molar-refractivity contribution in [2.45, 2.75) is 0 Å². The third-order valence-corrected chi connectivity index (χ3v) is 4.14. The third-order valence-electron chi connectivity index (χ3n) is 4.14. The molecule has 0 unspecified atom stereocenters. The summed E-state index contributed by atoms with van der Waals surface area (Å²) in [6, 6.07) is 19.1. The maximum absolute atomic E-state index is 10.6. The molecular formula is C21H20N6O2. The number of nitrogens with two attached hydrogens (primary N) is 4. The molecule has 4 aromatic rings. The predicted octanol–water partition coefficient (Wildman–Crippen LogP) is 2.28. The average molecular weight is 388 g/mol. The van der Waals surface area contributed by atoms with Crippen LogP contribution in [0, 0.1) is 0 Å². The number of H-pyrrole nitrogens is 1. The van der Waals surface area contributed by atoms with Crippen molar-refractivity contribution >= 4 is 34.2 Å². The maximum Gasteiger partial charge on any atom is 0.248 e. The van der Waals surface area contributed by atoms with E-state index in [0.717, 1.165) is 33.8 Å². The summed E-state index contributed by atoms with van der Waals surface area (Å²) in [5.74, 6) is -0.220. The molecule has 0 atom stereocenters. The molecule has 0 radical (unpaired) electrons. The zero-order valence-electron chi connectivity index (χ0n) is 15.4. The van der Waals surface area contributed by atoms with E-state index in [2.05, 4.69) is 9.97 Å². The van der Waals surface area contributed by atoms with Gasteiger partial charge in [0.15, 0.2) is 0 Å². The highest BCUT2D eigenvalue weighted by molar-refractivity contribution is 5.96. The summed E-state index contributed by atoms with van der Waals surface area (Å²) in [5.41, 5.74) is 26.4. The monoisotopic (exact) mass is 388 g/mol. The van der Waals surface area contributed by atoms with Gasteiger partial charge in [-0.1, -0.05) is 0 Å². The number of hydrogen-bond acceptors (Lipinski definition) is 5. The number of aromatic amines is 1. The first-order valence-corrected chi connectivity index (χ1v) is 8.64. The van der Waals surface area contributed by atoms with E-state index < -0.39 is 11.8 Å². The van der Waals surface area contributed by atoms with E-state index in [0.29, 0.717) is 11.1 Å². The van der Waals surface area contributed by atoms with Crippen molar-refractivity contribution < 1.29 is 9.59 Å². The quantitative estimate of drug-likeness (QED) is 0.339. The summed E-state index contributed by atoms with van der Waals surface area (Å²) in [5, 5.41) is 0. The summed E-state index contributed by atoms with van der Waals surface area (Å²) in [4.78, 5) is 28.9. The first-order chi connectivity index (χ1) is 13.8. The predicted molar refractivity (Wildman–Crippen MR) is 114 cm³/mol. The van der Waals surface area contributed by atoms with Gasteiger partial charge >= 0.3 is 0 Å². The number of imidazole rings is 1. The number of fused-ring (bicyclic) bond motifs is 1. The van der Waals surface area contributed by atoms with Gasteiger partial charge in [-0.05, 0) is 66.7 Å². The lowest BCUT2D eigenvalue weighted by atomic mass is 10.1. The van der Waals surface area contributed by atoms with E-state index in [1.54, 1.807) is 0 Å². The summed E-state index contributed by atoms with van der Waals surface area (Å²) in [6.07, 6.45) is 0. The van der Waals surface area contributed by atoms with E-state index in [1.165, 1.54) is 24.3 Å². The van der Waals surface area contributed by atoms with Crippen LogP contribution in [0.4, 0.5) is 11.4 Å². The van der Waals surface area contributed by atoms with Crippen LogP contribution in [0.2, 0.25) is 0 Å². The Balaban J connectivity index is 0.000000177. The largest absolute Gasteiger partial charge is 0.399 e. The molecule has 1 aromatic heterocycles. The number of primary amides is 2. The molecule has 0 bridgehead atoms. The molecular weight excluding hydrogens is 368 g/mol. The Morgan fingerprint density at radius 2 is 1.24 bits per heavy atom. The fourth-order valence-corrected chi connectivity index (χ4v) is 2.60. The number of nitrogens with zero attached hydrogens (tertiary/aromatic N) is 1. The van der Waals surface area contributed by atoms with Crippen molar-refractivity contribution in [1.82, 2.24) is 9.97 Å². The Bertz CT molecular complexity index is 1130. The molecule has 0 aliphatic heterocycles. The standard InChI is InChI=1S/C13H12N4.C8H8N2O2/c14-9-3-1-8(2-4-9)13-16-11-6-5-10(15)7-12(11)17-13;9-7(11)5-1-2-6(4-3-5)8(10)12/h1-7H,14-15H2,(H,16,17);1-4H,(H2,9,11)(H2,10,12). The molecule has 9 N–H and O–H groups in total.